The minimum Gasteiger partial charge on any atom is -0.445 e. The number of hydrogen-bond donors (Lipinski definition) is 0. The fourth-order valence-corrected chi connectivity index (χ4v) is 1.25. The SMILES string of the molecule is CC(=O)[C@H](C)N(C)C(=O)OCc1ccccc1. The van der Waals surface area contributed by atoms with Crippen molar-refractivity contribution < 1.29 is 14.3 Å². The molecule has 92 valence electrons. The van der Waals surface area contributed by atoms with E-state index in [1.54, 1.807) is 14.0 Å². The van der Waals surface area contributed by atoms with E-state index in [0.29, 0.717) is 0 Å². The Balaban J connectivity index is 2.47. The standard InChI is InChI=1S/C13H17NO3/c1-10(11(2)15)14(3)13(16)17-9-12-7-5-4-6-8-12/h4-8,10H,9H2,1-3H3/t10-/m0/s1. The number of ketones is 1. The van der Waals surface area contributed by atoms with Gasteiger partial charge in [0.1, 0.15) is 6.61 Å². The van der Waals surface area contributed by atoms with Crippen molar-refractivity contribution in [2.45, 2.75) is 26.5 Å². The second kappa shape index (κ2) is 6.03. The lowest BCUT2D eigenvalue weighted by Gasteiger charge is -2.21. The lowest BCUT2D eigenvalue weighted by atomic mass is 10.2. The first-order chi connectivity index (χ1) is 8.02. The summed E-state index contributed by atoms with van der Waals surface area (Å²) < 4.78 is 5.10. The molecule has 1 aromatic rings. The maximum atomic E-state index is 11.6. The minimum absolute atomic E-state index is 0.0656. The summed E-state index contributed by atoms with van der Waals surface area (Å²) >= 11 is 0. The smallest absolute Gasteiger partial charge is 0.410 e. The quantitative estimate of drug-likeness (QED) is 0.804. The number of amides is 1. The first-order valence-electron chi connectivity index (χ1n) is 5.46. The summed E-state index contributed by atoms with van der Waals surface area (Å²) in [6.07, 6.45) is -0.489. The van der Waals surface area contributed by atoms with Gasteiger partial charge in [0.2, 0.25) is 0 Å². The molecule has 0 aliphatic carbocycles. The van der Waals surface area contributed by atoms with Crippen molar-refractivity contribution in [2.75, 3.05) is 7.05 Å². The van der Waals surface area contributed by atoms with Crippen molar-refractivity contribution >= 4 is 11.9 Å². The molecule has 1 amide bonds. The highest BCUT2D eigenvalue weighted by molar-refractivity contribution is 5.84. The number of likely N-dealkylation sites (N-methyl/N-ethyl adjacent to an activating group) is 1. The number of rotatable bonds is 4. The summed E-state index contributed by atoms with van der Waals surface area (Å²) in [5.74, 6) is -0.0656. The van der Waals surface area contributed by atoms with Crippen LogP contribution >= 0.6 is 0 Å². The third-order valence-corrected chi connectivity index (χ3v) is 2.66. The van der Waals surface area contributed by atoms with E-state index in [9.17, 15) is 9.59 Å². The van der Waals surface area contributed by atoms with E-state index in [1.165, 1.54) is 11.8 Å². The van der Waals surface area contributed by atoms with Crippen LogP contribution in [-0.4, -0.2) is 29.9 Å². The summed E-state index contributed by atoms with van der Waals surface area (Å²) in [6.45, 7) is 3.34. The van der Waals surface area contributed by atoms with E-state index < -0.39 is 12.1 Å². The van der Waals surface area contributed by atoms with Crippen LogP contribution in [0.1, 0.15) is 19.4 Å². The molecule has 0 aliphatic rings. The Morgan fingerprint density at radius 1 is 1.29 bits per heavy atom. The van der Waals surface area contributed by atoms with E-state index in [2.05, 4.69) is 0 Å². The number of carbonyl (C=O) groups is 2. The van der Waals surface area contributed by atoms with Gasteiger partial charge in [0, 0.05) is 7.05 Å². The fourth-order valence-electron chi connectivity index (χ4n) is 1.25. The zero-order chi connectivity index (χ0) is 12.8. The molecule has 4 nitrogen and oxygen atoms in total. The van der Waals surface area contributed by atoms with Gasteiger partial charge in [0.15, 0.2) is 5.78 Å². The summed E-state index contributed by atoms with van der Waals surface area (Å²) in [7, 11) is 1.55. The molecule has 1 atom stereocenters. The Kier molecular flexibility index (Phi) is 4.69. The Morgan fingerprint density at radius 2 is 1.88 bits per heavy atom. The molecule has 1 rings (SSSR count). The van der Waals surface area contributed by atoms with Crippen molar-refractivity contribution in [3.63, 3.8) is 0 Å². The molecule has 0 saturated heterocycles. The van der Waals surface area contributed by atoms with Crippen LogP contribution in [-0.2, 0) is 16.1 Å². The topological polar surface area (TPSA) is 46.6 Å². The Labute approximate surface area is 101 Å². The number of ether oxygens (including phenoxy) is 1. The number of hydrogen-bond acceptors (Lipinski definition) is 3. The Hall–Kier alpha value is -1.84. The van der Waals surface area contributed by atoms with Gasteiger partial charge in [0.05, 0.1) is 6.04 Å². The van der Waals surface area contributed by atoms with Crippen molar-refractivity contribution in [2.24, 2.45) is 0 Å². The second-order valence-electron chi connectivity index (χ2n) is 3.94. The maximum absolute atomic E-state index is 11.6. The predicted octanol–water partition coefficient (Wildman–Crippen LogP) is 2.23. The molecule has 0 saturated carbocycles. The fraction of sp³-hybridized carbons (Fsp3) is 0.385. The van der Waals surface area contributed by atoms with Crippen LogP contribution in [0, 0.1) is 0 Å². The first-order valence-corrected chi connectivity index (χ1v) is 5.46. The van der Waals surface area contributed by atoms with Gasteiger partial charge in [0.25, 0.3) is 0 Å². The minimum atomic E-state index is -0.489. The molecule has 0 fully saturated rings. The predicted molar refractivity (Wildman–Crippen MR) is 64.5 cm³/mol. The molecular weight excluding hydrogens is 218 g/mol. The largest absolute Gasteiger partial charge is 0.445 e. The van der Waals surface area contributed by atoms with Gasteiger partial charge >= 0.3 is 6.09 Å². The van der Waals surface area contributed by atoms with Crippen molar-refractivity contribution in [1.29, 1.82) is 0 Å². The molecule has 17 heavy (non-hydrogen) atoms. The zero-order valence-electron chi connectivity index (χ0n) is 10.3. The number of Topliss-reactive ketones (excluding diaryl/α,β-unsaturated/α-hetero) is 1. The monoisotopic (exact) mass is 235 g/mol. The van der Waals surface area contributed by atoms with Crippen molar-refractivity contribution in [3.8, 4) is 0 Å². The highest BCUT2D eigenvalue weighted by atomic mass is 16.6. The molecule has 0 radical (unpaired) electrons. The van der Waals surface area contributed by atoms with Gasteiger partial charge in [-0.3, -0.25) is 4.79 Å². The molecule has 0 spiro atoms. The zero-order valence-corrected chi connectivity index (χ0v) is 10.3. The normalized spacial score (nSPS) is 11.7. The molecule has 0 unspecified atom stereocenters. The van der Waals surface area contributed by atoms with Crippen LogP contribution in [0.4, 0.5) is 4.79 Å². The van der Waals surface area contributed by atoms with Gasteiger partial charge in [-0.2, -0.15) is 0 Å². The van der Waals surface area contributed by atoms with Gasteiger partial charge in [-0.25, -0.2) is 4.79 Å². The highest BCUT2D eigenvalue weighted by Crippen LogP contribution is 2.05. The van der Waals surface area contributed by atoms with Gasteiger partial charge in [-0.15, -0.1) is 0 Å². The van der Waals surface area contributed by atoms with Crippen LogP contribution in [0.3, 0.4) is 0 Å². The van der Waals surface area contributed by atoms with Crippen molar-refractivity contribution in [1.82, 2.24) is 4.90 Å². The maximum Gasteiger partial charge on any atom is 0.410 e. The summed E-state index contributed by atoms with van der Waals surface area (Å²) in [5, 5.41) is 0. The van der Waals surface area contributed by atoms with Gasteiger partial charge in [-0.05, 0) is 19.4 Å². The second-order valence-corrected chi connectivity index (χ2v) is 3.94. The molecule has 0 heterocycles. The summed E-state index contributed by atoms with van der Waals surface area (Å²) in [6, 6.07) is 8.95. The lowest BCUT2D eigenvalue weighted by Crippen LogP contribution is -2.39. The number of carbonyl (C=O) groups excluding carboxylic acids is 2. The Bertz CT molecular complexity index is 389. The highest BCUT2D eigenvalue weighted by Gasteiger charge is 2.20. The number of benzene rings is 1. The van der Waals surface area contributed by atoms with Crippen LogP contribution < -0.4 is 0 Å². The molecule has 0 N–H and O–H groups in total. The third kappa shape index (κ3) is 3.90. The molecule has 1 aromatic carbocycles. The van der Waals surface area contributed by atoms with E-state index in [0.717, 1.165) is 5.56 Å². The molecular formula is C13H17NO3. The average Bonchev–Trinajstić information content (AvgIpc) is 2.35. The van der Waals surface area contributed by atoms with Crippen LogP contribution in [0.25, 0.3) is 0 Å². The summed E-state index contributed by atoms with van der Waals surface area (Å²) in [5.41, 5.74) is 0.921. The van der Waals surface area contributed by atoms with E-state index in [1.807, 2.05) is 30.3 Å². The van der Waals surface area contributed by atoms with Crippen LogP contribution in [0.2, 0.25) is 0 Å². The Morgan fingerprint density at radius 3 is 2.41 bits per heavy atom. The van der Waals surface area contributed by atoms with Gasteiger partial charge in [-0.1, -0.05) is 30.3 Å². The lowest BCUT2D eigenvalue weighted by molar-refractivity contribution is -0.120. The molecule has 0 aliphatic heterocycles. The molecule has 4 heteroatoms. The van der Waals surface area contributed by atoms with E-state index >= 15 is 0 Å². The summed E-state index contributed by atoms with van der Waals surface area (Å²) in [4.78, 5) is 24.0. The third-order valence-electron chi connectivity index (χ3n) is 2.66. The van der Waals surface area contributed by atoms with Gasteiger partial charge < -0.3 is 9.64 Å². The van der Waals surface area contributed by atoms with E-state index in [4.69, 9.17) is 4.74 Å². The van der Waals surface area contributed by atoms with Crippen LogP contribution in [0.15, 0.2) is 30.3 Å². The average molecular weight is 235 g/mol. The molecule has 0 bridgehead atoms. The number of nitrogens with zero attached hydrogens (tertiary/aromatic N) is 1. The van der Waals surface area contributed by atoms with Crippen molar-refractivity contribution in [3.05, 3.63) is 35.9 Å². The molecule has 0 aromatic heterocycles. The van der Waals surface area contributed by atoms with E-state index in [-0.39, 0.29) is 12.4 Å². The first kappa shape index (κ1) is 13.2. The van der Waals surface area contributed by atoms with Crippen LogP contribution in [0.5, 0.6) is 0 Å².